The normalized spacial score (nSPS) is 44.1. The predicted octanol–water partition coefficient (Wildman–Crippen LogP) is 6.24. The fourth-order valence-corrected chi connectivity index (χ4v) is 6.48. The van der Waals surface area contributed by atoms with Crippen LogP contribution in [-0.4, -0.2) is 24.8 Å². The quantitative estimate of drug-likeness (QED) is 0.308. The highest BCUT2D eigenvalue weighted by Gasteiger charge is 2.54. The van der Waals surface area contributed by atoms with E-state index in [2.05, 4.69) is 34.3 Å². The maximum absolute atomic E-state index is 11.8. The van der Waals surface area contributed by atoms with Gasteiger partial charge in [-0.05, 0) is 94.3 Å². The highest BCUT2D eigenvalue weighted by molar-refractivity contribution is 5.72. The van der Waals surface area contributed by atoms with Gasteiger partial charge in [0.25, 0.3) is 0 Å². The molecule has 3 fully saturated rings. The number of hydrogen-bond donors (Lipinski definition) is 0. The monoisotopic (exact) mass is 406 g/mol. The molecule has 3 aliphatic rings. The fourth-order valence-electron chi connectivity index (χ4n) is 6.48. The summed E-state index contributed by atoms with van der Waals surface area (Å²) in [5, 5.41) is 0. The number of allylic oxidation sites excluding steroid dienone is 1. The summed E-state index contributed by atoms with van der Waals surface area (Å²) in [6.07, 6.45) is 10.1. The van der Waals surface area contributed by atoms with Crippen LogP contribution in [0.15, 0.2) is 12.2 Å². The summed E-state index contributed by atoms with van der Waals surface area (Å²) >= 11 is 0. The van der Waals surface area contributed by atoms with Crippen molar-refractivity contribution in [3.8, 4) is 0 Å². The SMILES string of the molecule is C=C1CCC[C@@H]2[C@@](C)(CC[C@]3(C)CC[C@H]([C@@H](C)C(=O)OC)OO3)[C@H](C)CC[C@@]12C. The van der Waals surface area contributed by atoms with Gasteiger partial charge in [0, 0.05) is 0 Å². The van der Waals surface area contributed by atoms with Crippen molar-refractivity contribution in [2.75, 3.05) is 7.11 Å². The van der Waals surface area contributed by atoms with Crippen LogP contribution in [0.5, 0.6) is 0 Å². The average molecular weight is 407 g/mol. The van der Waals surface area contributed by atoms with Gasteiger partial charge in [-0.1, -0.05) is 32.9 Å². The second kappa shape index (κ2) is 8.34. The van der Waals surface area contributed by atoms with Crippen LogP contribution in [0.4, 0.5) is 0 Å². The first kappa shape index (κ1) is 22.8. The third kappa shape index (κ3) is 4.17. The Morgan fingerprint density at radius 3 is 2.55 bits per heavy atom. The zero-order chi connectivity index (χ0) is 21.4. The van der Waals surface area contributed by atoms with Gasteiger partial charge in [-0.2, -0.15) is 0 Å². The standard InChI is InChI=1S/C25H42O4/c1-17-9-8-10-21-24(17,5)14-11-18(2)25(21,6)16-15-23(4)13-12-20(28-29-23)19(3)22(26)27-7/h18-21H,1,8-16H2,2-7H3/t18-,19-,20-,21+,23+,24+,25+/m1/s1. The molecule has 166 valence electrons. The molecule has 0 aromatic heterocycles. The zero-order valence-electron chi connectivity index (χ0n) is 19.5. The van der Waals surface area contributed by atoms with E-state index in [0.29, 0.717) is 22.7 Å². The van der Waals surface area contributed by atoms with Crippen LogP contribution in [0.3, 0.4) is 0 Å². The molecule has 0 unspecified atom stereocenters. The maximum atomic E-state index is 11.8. The van der Waals surface area contributed by atoms with Gasteiger partial charge in [-0.25, -0.2) is 9.78 Å². The van der Waals surface area contributed by atoms with Gasteiger partial charge in [0.05, 0.1) is 13.0 Å². The molecular weight excluding hydrogens is 364 g/mol. The third-order valence-corrected chi connectivity index (χ3v) is 9.22. The topological polar surface area (TPSA) is 44.8 Å². The number of methoxy groups -OCH3 is 1. The zero-order valence-corrected chi connectivity index (χ0v) is 19.5. The lowest BCUT2D eigenvalue weighted by Crippen LogP contribution is -2.51. The lowest BCUT2D eigenvalue weighted by Gasteiger charge is -2.59. The van der Waals surface area contributed by atoms with Crippen LogP contribution in [0, 0.1) is 28.6 Å². The molecule has 0 aromatic carbocycles. The van der Waals surface area contributed by atoms with Crippen molar-refractivity contribution in [2.45, 2.75) is 104 Å². The second-order valence-corrected chi connectivity index (χ2v) is 10.9. The number of carbonyl (C=O) groups is 1. The summed E-state index contributed by atoms with van der Waals surface area (Å²) in [6.45, 7) is 16.0. The van der Waals surface area contributed by atoms with E-state index in [1.165, 1.54) is 44.8 Å². The van der Waals surface area contributed by atoms with Crippen LogP contribution < -0.4 is 0 Å². The van der Waals surface area contributed by atoms with E-state index in [1.807, 2.05) is 6.92 Å². The van der Waals surface area contributed by atoms with Gasteiger partial charge in [0.1, 0.15) is 11.7 Å². The van der Waals surface area contributed by atoms with Crippen molar-refractivity contribution in [3.63, 3.8) is 0 Å². The highest BCUT2D eigenvalue weighted by atomic mass is 17.2. The first-order valence-corrected chi connectivity index (χ1v) is 11.7. The molecule has 2 aliphatic carbocycles. The van der Waals surface area contributed by atoms with Gasteiger partial charge in [0.2, 0.25) is 0 Å². The first-order chi connectivity index (χ1) is 13.6. The van der Waals surface area contributed by atoms with E-state index in [0.717, 1.165) is 25.7 Å². The molecule has 0 N–H and O–H groups in total. The average Bonchev–Trinajstić information content (AvgIpc) is 2.71. The van der Waals surface area contributed by atoms with E-state index < -0.39 is 0 Å². The molecule has 1 saturated heterocycles. The Kier molecular flexibility index (Phi) is 6.56. The minimum atomic E-state index is -0.297. The molecule has 0 amide bonds. The molecule has 1 heterocycles. The van der Waals surface area contributed by atoms with Gasteiger partial charge in [0.15, 0.2) is 0 Å². The summed E-state index contributed by atoms with van der Waals surface area (Å²) < 4.78 is 4.86. The Hall–Kier alpha value is -0.870. The molecule has 3 rings (SSSR count). The Bertz CT molecular complexity index is 620. The Morgan fingerprint density at radius 2 is 1.93 bits per heavy atom. The van der Waals surface area contributed by atoms with Crippen molar-refractivity contribution >= 4 is 5.97 Å². The second-order valence-electron chi connectivity index (χ2n) is 10.9. The summed E-state index contributed by atoms with van der Waals surface area (Å²) in [7, 11) is 1.42. The molecule has 7 atom stereocenters. The Labute approximate surface area is 177 Å². The minimum absolute atomic E-state index is 0.218. The number of rotatable bonds is 5. The number of esters is 1. The van der Waals surface area contributed by atoms with E-state index in [-0.39, 0.29) is 23.6 Å². The van der Waals surface area contributed by atoms with Crippen LogP contribution in [-0.2, 0) is 19.3 Å². The number of hydrogen-bond acceptors (Lipinski definition) is 4. The number of carbonyl (C=O) groups excluding carboxylic acids is 1. The number of ether oxygens (including phenoxy) is 1. The molecule has 0 radical (unpaired) electrons. The van der Waals surface area contributed by atoms with Gasteiger partial charge < -0.3 is 4.74 Å². The fraction of sp³-hybridized carbons (Fsp3) is 0.880. The molecular formula is C25H42O4. The predicted molar refractivity (Wildman–Crippen MR) is 115 cm³/mol. The van der Waals surface area contributed by atoms with Gasteiger partial charge >= 0.3 is 5.97 Å². The maximum Gasteiger partial charge on any atom is 0.311 e. The summed E-state index contributed by atoms with van der Waals surface area (Å²) in [4.78, 5) is 23.4. The van der Waals surface area contributed by atoms with Crippen molar-refractivity contribution in [3.05, 3.63) is 12.2 Å². The van der Waals surface area contributed by atoms with Crippen LogP contribution in [0.1, 0.15) is 92.4 Å². The van der Waals surface area contributed by atoms with Crippen molar-refractivity contribution in [2.24, 2.45) is 28.6 Å². The summed E-state index contributed by atoms with van der Waals surface area (Å²) in [6, 6.07) is 0. The molecule has 0 aromatic rings. The molecule has 4 nitrogen and oxygen atoms in total. The molecule has 29 heavy (non-hydrogen) atoms. The minimum Gasteiger partial charge on any atom is -0.469 e. The third-order valence-electron chi connectivity index (χ3n) is 9.22. The van der Waals surface area contributed by atoms with E-state index >= 15 is 0 Å². The van der Waals surface area contributed by atoms with Crippen molar-refractivity contribution in [1.29, 1.82) is 0 Å². The van der Waals surface area contributed by atoms with Crippen LogP contribution >= 0.6 is 0 Å². The molecule has 1 aliphatic heterocycles. The summed E-state index contributed by atoms with van der Waals surface area (Å²) in [5.41, 5.74) is 1.80. The van der Waals surface area contributed by atoms with E-state index in [9.17, 15) is 4.79 Å². The highest BCUT2D eigenvalue weighted by Crippen LogP contribution is 2.63. The van der Waals surface area contributed by atoms with Crippen LogP contribution in [0.25, 0.3) is 0 Å². The smallest absolute Gasteiger partial charge is 0.311 e. The molecule has 2 saturated carbocycles. The van der Waals surface area contributed by atoms with Crippen LogP contribution in [0.2, 0.25) is 0 Å². The Morgan fingerprint density at radius 1 is 1.21 bits per heavy atom. The number of fused-ring (bicyclic) bond motifs is 1. The lowest BCUT2D eigenvalue weighted by molar-refractivity contribution is -0.412. The molecule has 0 bridgehead atoms. The van der Waals surface area contributed by atoms with Gasteiger partial charge in [-0.15, -0.1) is 0 Å². The Balaban J connectivity index is 1.65. The first-order valence-electron chi connectivity index (χ1n) is 11.7. The molecule has 0 spiro atoms. The summed E-state index contributed by atoms with van der Waals surface area (Å²) in [5.74, 6) is 0.892. The van der Waals surface area contributed by atoms with Crippen molar-refractivity contribution in [1.82, 2.24) is 0 Å². The molecule has 4 heteroatoms. The van der Waals surface area contributed by atoms with Crippen molar-refractivity contribution < 1.29 is 19.3 Å². The van der Waals surface area contributed by atoms with E-state index in [1.54, 1.807) is 0 Å². The van der Waals surface area contributed by atoms with E-state index in [4.69, 9.17) is 14.5 Å². The lowest BCUT2D eigenvalue weighted by atomic mass is 9.46. The largest absolute Gasteiger partial charge is 0.469 e. The van der Waals surface area contributed by atoms with Gasteiger partial charge in [-0.3, -0.25) is 4.79 Å².